The number of amides is 2. The SMILES string of the molecule is NCC1CCC(C(=O)N[C@H](Cc2ccccc2)C(=O)Nc2ccc3cc[nH]c3c2)CC1. The molecule has 2 aromatic carbocycles. The van der Waals surface area contributed by atoms with Crippen molar-refractivity contribution in [2.45, 2.75) is 38.1 Å². The second kappa shape index (κ2) is 9.79. The Morgan fingerprint density at radius 3 is 2.55 bits per heavy atom. The Morgan fingerprint density at radius 1 is 1.03 bits per heavy atom. The van der Waals surface area contributed by atoms with E-state index in [-0.39, 0.29) is 17.7 Å². The van der Waals surface area contributed by atoms with Crippen molar-refractivity contribution < 1.29 is 9.59 Å². The number of anilines is 1. The number of fused-ring (bicyclic) bond motifs is 1. The molecule has 0 unspecified atom stereocenters. The van der Waals surface area contributed by atoms with Crippen molar-refractivity contribution in [1.82, 2.24) is 10.3 Å². The maximum atomic E-state index is 13.2. The molecular formula is C25H30N4O2. The second-order valence-corrected chi connectivity index (χ2v) is 8.47. The summed E-state index contributed by atoms with van der Waals surface area (Å²) < 4.78 is 0. The molecule has 1 fully saturated rings. The molecule has 0 saturated heterocycles. The molecule has 1 saturated carbocycles. The normalized spacial score (nSPS) is 19.6. The van der Waals surface area contributed by atoms with Gasteiger partial charge in [-0.2, -0.15) is 0 Å². The van der Waals surface area contributed by atoms with Crippen LogP contribution in [0.5, 0.6) is 0 Å². The Morgan fingerprint density at radius 2 is 1.81 bits per heavy atom. The van der Waals surface area contributed by atoms with Gasteiger partial charge in [0.1, 0.15) is 6.04 Å². The van der Waals surface area contributed by atoms with E-state index < -0.39 is 6.04 Å². The number of nitrogens with two attached hydrogens (primary N) is 1. The van der Waals surface area contributed by atoms with Crippen LogP contribution < -0.4 is 16.4 Å². The largest absolute Gasteiger partial charge is 0.361 e. The van der Waals surface area contributed by atoms with Crippen molar-refractivity contribution in [2.24, 2.45) is 17.6 Å². The van der Waals surface area contributed by atoms with Crippen LogP contribution in [0.3, 0.4) is 0 Å². The van der Waals surface area contributed by atoms with Crippen molar-refractivity contribution in [2.75, 3.05) is 11.9 Å². The van der Waals surface area contributed by atoms with E-state index in [0.29, 0.717) is 24.6 Å². The average molecular weight is 419 g/mol. The maximum absolute atomic E-state index is 13.2. The van der Waals surface area contributed by atoms with Gasteiger partial charge in [0.15, 0.2) is 0 Å². The highest BCUT2D eigenvalue weighted by Gasteiger charge is 2.29. The minimum Gasteiger partial charge on any atom is -0.361 e. The Hall–Kier alpha value is -3.12. The summed E-state index contributed by atoms with van der Waals surface area (Å²) in [5.41, 5.74) is 8.45. The zero-order valence-electron chi connectivity index (χ0n) is 17.6. The van der Waals surface area contributed by atoms with Gasteiger partial charge >= 0.3 is 0 Å². The Kier molecular flexibility index (Phi) is 6.67. The third-order valence-electron chi connectivity index (χ3n) is 6.29. The van der Waals surface area contributed by atoms with Crippen molar-refractivity contribution in [3.63, 3.8) is 0 Å². The lowest BCUT2D eigenvalue weighted by Gasteiger charge is -2.28. The van der Waals surface area contributed by atoms with Crippen LogP contribution in [0.1, 0.15) is 31.2 Å². The van der Waals surface area contributed by atoms with Crippen LogP contribution in [0.4, 0.5) is 5.69 Å². The summed E-state index contributed by atoms with van der Waals surface area (Å²) in [6.45, 7) is 0.679. The number of nitrogens with one attached hydrogen (secondary N) is 3. The van der Waals surface area contributed by atoms with E-state index in [9.17, 15) is 9.59 Å². The van der Waals surface area contributed by atoms with Crippen LogP contribution in [0.15, 0.2) is 60.8 Å². The van der Waals surface area contributed by atoms with Crippen LogP contribution in [-0.2, 0) is 16.0 Å². The molecule has 1 atom stereocenters. The van der Waals surface area contributed by atoms with Crippen LogP contribution in [0.25, 0.3) is 10.9 Å². The number of hydrogen-bond acceptors (Lipinski definition) is 3. The maximum Gasteiger partial charge on any atom is 0.247 e. The van der Waals surface area contributed by atoms with Gasteiger partial charge in [-0.1, -0.05) is 36.4 Å². The number of H-pyrrole nitrogens is 1. The summed E-state index contributed by atoms with van der Waals surface area (Å²) in [5.74, 6) is 0.213. The zero-order chi connectivity index (χ0) is 21.6. The van der Waals surface area contributed by atoms with Crippen molar-refractivity contribution >= 4 is 28.4 Å². The van der Waals surface area contributed by atoms with Gasteiger partial charge in [-0.3, -0.25) is 9.59 Å². The quantitative estimate of drug-likeness (QED) is 0.472. The fourth-order valence-electron chi connectivity index (χ4n) is 4.36. The van der Waals surface area contributed by atoms with Gasteiger partial charge < -0.3 is 21.4 Å². The van der Waals surface area contributed by atoms with E-state index >= 15 is 0 Å². The number of carbonyl (C=O) groups excluding carboxylic acids is 2. The average Bonchev–Trinajstić information content (AvgIpc) is 3.27. The first-order chi connectivity index (χ1) is 15.1. The van der Waals surface area contributed by atoms with E-state index in [1.165, 1.54) is 0 Å². The van der Waals surface area contributed by atoms with Crippen LogP contribution in [0.2, 0.25) is 0 Å². The summed E-state index contributed by atoms with van der Waals surface area (Å²) in [7, 11) is 0. The molecule has 6 heteroatoms. The first kappa shape index (κ1) is 21.1. The Bertz CT molecular complexity index is 1020. The molecule has 6 nitrogen and oxygen atoms in total. The Labute approximate surface area is 182 Å². The molecule has 0 bridgehead atoms. The number of hydrogen-bond donors (Lipinski definition) is 4. The van der Waals surface area contributed by atoms with E-state index in [1.54, 1.807) is 0 Å². The van der Waals surface area contributed by atoms with E-state index in [2.05, 4.69) is 15.6 Å². The van der Waals surface area contributed by atoms with Gasteiger partial charge in [0.25, 0.3) is 0 Å². The smallest absolute Gasteiger partial charge is 0.247 e. The highest BCUT2D eigenvalue weighted by molar-refractivity contribution is 5.99. The van der Waals surface area contributed by atoms with Gasteiger partial charge in [0.05, 0.1) is 0 Å². The third kappa shape index (κ3) is 5.33. The molecule has 31 heavy (non-hydrogen) atoms. The fourth-order valence-corrected chi connectivity index (χ4v) is 4.36. The Balaban J connectivity index is 1.46. The van der Waals surface area contributed by atoms with Crippen molar-refractivity contribution in [3.05, 3.63) is 66.4 Å². The third-order valence-corrected chi connectivity index (χ3v) is 6.29. The molecule has 0 radical (unpaired) electrons. The van der Waals surface area contributed by atoms with Crippen LogP contribution in [0, 0.1) is 11.8 Å². The zero-order valence-corrected chi connectivity index (χ0v) is 17.6. The van der Waals surface area contributed by atoms with Crippen molar-refractivity contribution in [3.8, 4) is 0 Å². The lowest BCUT2D eigenvalue weighted by molar-refractivity contribution is -0.130. The standard InChI is InChI=1S/C25H30N4O2/c26-16-18-6-8-20(9-7-18)24(30)29-23(14-17-4-2-1-3-5-17)25(31)28-21-11-10-19-12-13-27-22(19)15-21/h1-5,10-13,15,18,20,23,27H,6-9,14,16,26H2,(H,28,31)(H,29,30)/t18?,20?,23-/m1/s1. The first-order valence-electron chi connectivity index (χ1n) is 11.0. The summed E-state index contributed by atoms with van der Waals surface area (Å²) in [6, 6.07) is 16.9. The van der Waals surface area contributed by atoms with Crippen molar-refractivity contribution in [1.29, 1.82) is 0 Å². The lowest BCUT2D eigenvalue weighted by atomic mass is 9.81. The minimum atomic E-state index is -0.638. The fraction of sp³-hybridized carbons (Fsp3) is 0.360. The molecule has 0 aliphatic heterocycles. The van der Waals surface area contributed by atoms with Gasteiger partial charge in [0, 0.05) is 29.7 Å². The van der Waals surface area contributed by atoms with E-state index in [1.807, 2.05) is 60.8 Å². The predicted molar refractivity (Wildman–Crippen MR) is 124 cm³/mol. The molecule has 4 rings (SSSR count). The molecule has 5 N–H and O–H groups in total. The monoisotopic (exact) mass is 418 g/mol. The molecule has 1 heterocycles. The van der Waals surface area contributed by atoms with E-state index in [0.717, 1.165) is 42.1 Å². The molecule has 1 aliphatic rings. The topological polar surface area (TPSA) is 100 Å². The number of aromatic nitrogens is 1. The summed E-state index contributed by atoms with van der Waals surface area (Å²) >= 11 is 0. The van der Waals surface area contributed by atoms with Gasteiger partial charge in [-0.15, -0.1) is 0 Å². The summed E-state index contributed by atoms with van der Waals surface area (Å²) in [4.78, 5) is 29.3. The molecular weight excluding hydrogens is 388 g/mol. The number of aromatic amines is 1. The highest BCUT2D eigenvalue weighted by atomic mass is 16.2. The highest BCUT2D eigenvalue weighted by Crippen LogP contribution is 2.28. The second-order valence-electron chi connectivity index (χ2n) is 8.47. The van der Waals surface area contributed by atoms with Gasteiger partial charge in [0.2, 0.25) is 11.8 Å². The summed E-state index contributed by atoms with van der Waals surface area (Å²) in [5, 5.41) is 7.09. The minimum absolute atomic E-state index is 0.0358. The molecule has 1 aromatic heterocycles. The number of rotatable bonds is 7. The predicted octanol–water partition coefficient (Wildman–Crippen LogP) is 3.60. The number of carbonyl (C=O) groups is 2. The number of benzene rings is 2. The lowest BCUT2D eigenvalue weighted by Crippen LogP contribution is -2.48. The molecule has 162 valence electrons. The van der Waals surface area contributed by atoms with Gasteiger partial charge in [-0.25, -0.2) is 0 Å². The van der Waals surface area contributed by atoms with Crippen LogP contribution in [-0.4, -0.2) is 29.4 Å². The molecule has 3 aromatic rings. The van der Waals surface area contributed by atoms with Crippen LogP contribution >= 0.6 is 0 Å². The molecule has 0 spiro atoms. The molecule has 2 amide bonds. The molecule has 1 aliphatic carbocycles. The summed E-state index contributed by atoms with van der Waals surface area (Å²) in [6.07, 6.45) is 5.92. The van der Waals surface area contributed by atoms with E-state index in [4.69, 9.17) is 5.73 Å². The first-order valence-corrected chi connectivity index (χ1v) is 11.0. The van der Waals surface area contributed by atoms with Gasteiger partial charge in [-0.05, 0) is 67.3 Å².